The minimum absolute atomic E-state index is 0.0413. The summed E-state index contributed by atoms with van der Waals surface area (Å²) >= 11 is 0. The lowest BCUT2D eigenvalue weighted by molar-refractivity contribution is -0.0205. The van der Waals surface area contributed by atoms with Crippen molar-refractivity contribution in [1.29, 1.82) is 0 Å². The van der Waals surface area contributed by atoms with Gasteiger partial charge >= 0.3 is 0 Å². The highest BCUT2D eigenvalue weighted by Crippen LogP contribution is 2.35. The number of nitrogens with two attached hydrogens (primary N) is 1. The molecular formula is C21H23FN4O3. The fourth-order valence-corrected chi connectivity index (χ4v) is 4.06. The molecule has 2 atom stereocenters. The topological polar surface area (TPSA) is 103 Å². The zero-order valence-electron chi connectivity index (χ0n) is 16.3. The van der Waals surface area contributed by atoms with Crippen LogP contribution in [0.5, 0.6) is 0 Å². The van der Waals surface area contributed by atoms with Crippen LogP contribution in [0.1, 0.15) is 37.8 Å². The molecule has 8 heteroatoms. The summed E-state index contributed by atoms with van der Waals surface area (Å²) in [4.78, 5) is 21.4. The summed E-state index contributed by atoms with van der Waals surface area (Å²) in [7, 11) is 0. The third-order valence-corrected chi connectivity index (χ3v) is 5.35. The van der Waals surface area contributed by atoms with E-state index in [9.17, 15) is 14.3 Å². The molecule has 0 saturated carbocycles. The fourth-order valence-electron chi connectivity index (χ4n) is 4.06. The van der Waals surface area contributed by atoms with E-state index in [1.807, 2.05) is 18.4 Å². The van der Waals surface area contributed by atoms with Gasteiger partial charge in [0, 0.05) is 36.4 Å². The smallest absolute Gasteiger partial charge is 0.220 e. The predicted molar refractivity (Wildman–Crippen MR) is 108 cm³/mol. The molecule has 1 aliphatic heterocycles. The largest absolute Gasteiger partial charge is 0.390 e. The van der Waals surface area contributed by atoms with E-state index < -0.39 is 17.3 Å². The molecule has 0 bridgehead atoms. The van der Waals surface area contributed by atoms with E-state index in [0.29, 0.717) is 35.5 Å². The second-order valence-corrected chi connectivity index (χ2v) is 7.56. The maximum Gasteiger partial charge on any atom is 0.220 e. The number of aromatic nitrogens is 3. The minimum atomic E-state index is -0.716. The Morgan fingerprint density at radius 1 is 1.38 bits per heavy atom. The van der Waals surface area contributed by atoms with E-state index in [1.54, 1.807) is 18.3 Å². The van der Waals surface area contributed by atoms with Crippen LogP contribution >= 0.6 is 0 Å². The Labute approximate surface area is 167 Å². The number of pyridine rings is 1. The summed E-state index contributed by atoms with van der Waals surface area (Å²) in [5, 5.41) is 10.5. The molecule has 152 valence electrons. The van der Waals surface area contributed by atoms with Crippen LogP contribution in [-0.2, 0) is 4.74 Å². The maximum atomic E-state index is 14.4. The lowest BCUT2D eigenvalue weighted by Crippen LogP contribution is -2.31. The third-order valence-electron chi connectivity index (χ3n) is 5.35. The Balaban J connectivity index is 2.04. The highest BCUT2D eigenvalue weighted by atomic mass is 19.1. The second kappa shape index (κ2) is 7.53. The Morgan fingerprint density at radius 2 is 2.17 bits per heavy atom. The highest BCUT2D eigenvalue weighted by Gasteiger charge is 2.30. The fraction of sp³-hybridized carbons (Fsp3) is 0.381. The molecule has 0 amide bonds. The van der Waals surface area contributed by atoms with E-state index in [2.05, 4.69) is 9.97 Å². The molecule has 3 N–H and O–H groups in total. The molecular weight excluding hydrogens is 375 g/mol. The molecule has 1 aliphatic rings. The second-order valence-electron chi connectivity index (χ2n) is 7.56. The number of fused-ring (bicyclic) bond motifs is 1. The quantitative estimate of drug-likeness (QED) is 0.703. The first kappa shape index (κ1) is 19.5. The predicted octanol–water partition coefficient (Wildman–Crippen LogP) is 2.63. The van der Waals surface area contributed by atoms with E-state index in [4.69, 9.17) is 10.5 Å². The number of anilines is 1. The Kier molecular flexibility index (Phi) is 5.06. The lowest BCUT2D eigenvalue weighted by Gasteiger charge is -2.30. The number of nitrogens with zero attached hydrogens (tertiary/aromatic N) is 3. The molecule has 29 heavy (non-hydrogen) atoms. The van der Waals surface area contributed by atoms with Gasteiger partial charge in [-0.15, -0.1) is 0 Å². The van der Waals surface area contributed by atoms with Crippen molar-refractivity contribution in [3.05, 3.63) is 52.1 Å². The minimum Gasteiger partial charge on any atom is -0.390 e. The van der Waals surface area contributed by atoms with Crippen LogP contribution in [0.25, 0.3) is 22.3 Å². The van der Waals surface area contributed by atoms with Gasteiger partial charge in [-0.3, -0.25) is 4.79 Å². The molecule has 1 saturated heterocycles. The van der Waals surface area contributed by atoms with Gasteiger partial charge in [-0.2, -0.15) is 0 Å². The molecule has 1 aromatic carbocycles. The first-order valence-electron chi connectivity index (χ1n) is 9.61. The average Bonchev–Trinajstić information content (AvgIpc) is 2.68. The van der Waals surface area contributed by atoms with Crippen molar-refractivity contribution in [3.8, 4) is 11.4 Å². The molecule has 0 radical (unpaired) electrons. The number of ether oxygens (including phenoxy) is 1. The first-order chi connectivity index (χ1) is 13.9. The summed E-state index contributed by atoms with van der Waals surface area (Å²) in [6, 6.07) is 5.88. The van der Waals surface area contributed by atoms with E-state index in [0.717, 1.165) is 0 Å². The standard InChI is InChI=1S/C21H23FN4O3/c1-11(2)26-15-5-3-4-14(22)19(15)17(27)8-16(26)20-13(9-24-21(23)25-20)12-6-7-29-10-18(12)28/h3-5,8-9,11-12,18,28H,6-7,10H2,1-2H3,(H2,23,24,25)/t12-,18-/m1/s1. The molecule has 7 nitrogen and oxygen atoms in total. The normalized spacial score (nSPS) is 19.8. The van der Waals surface area contributed by atoms with Crippen molar-refractivity contribution >= 4 is 16.9 Å². The Hall–Kier alpha value is -2.84. The first-order valence-corrected chi connectivity index (χ1v) is 9.61. The molecule has 0 spiro atoms. The van der Waals surface area contributed by atoms with Crippen LogP contribution in [0.2, 0.25) is 0 Å². The van der Waals surface area contributed by atoms with Crippen LogP contribution < -0.4 is 11.2 Å². The number of aliphatic hydroxyl groups excluding tert-OH is 1. The Morgan fingerprint density at radius 3 is 2.90 bits per heavy atom. The number of aliphatic hydroxyl groups is 1. The Bertz CT molecular complexity index is 1130. The highest BCUT2D eigenvalue weighted by molar-refractivity contribution is 5.83. The van der Waals surface area contributed by atoms with Crippen molar-refractivity contribution in [2.75, 3.05) is 18.9 Å². The summed E-state index contributed by atoms with van der Waals surface area (Å²) in [6.45, 7) is 4.62. The zero-order chi connectivity index (χ0) is 20.7. The van der Waals surface area contributed by atoms with Gasteiger partial charge in [0.2, 0.25) is 5.95 Å². The van der Waals surface area contributed by atoms with Gasteiger partial charge in [-0.1, -0.05) is 6.07 Å². The van der Waals surface area contributed by atoms with Gasteiger partial charge in [0.05, 0.1) is 35.0 Å². The summed E-state index contributed by atoms with van der Waals surface area (Å²) in [6.07, 6.45) is 1.48. The van der Waals surface area contributed by atoms with Crippen LogP contribution in [0, 0.1) is 5.82 Å². The number of halogens is 1. The van der Waals surface area contributed by atoms with Crippen LogP contribution in [-0.4, -0.2) is 39.0 Å². The number of hydrogen-bond acceptors (Lipinski definition) is 6. The van der Waals surface area contributed by atoms with Crippen LogP contribution in [0.4, 0.5) is 10.3 Å². The van der Waals surface area contributed by atoms with Crippen molar-refractivity contribution in [2.24, 2.45) is 0 Å². The number of benzene rings is 1. The van der Waals surface area contributed by atoms with Gasteiger partial charge in [0.15, 0.2) is 5.43 Å². The molecule has 1 fully saturated rings. The van der Waals surface area contributed by atoms with Gasteiger partial charge in [-0.05, 0) is 32.4 Å². The van der Waals surface area contributed by atoms with Gasteiger partial charge in [-0.25, -0.2) is 14.4 Å². The van der Waals surface area contributed by atoms with Crippen molar-refractivity contribution in [2.45, 2.75) is 38.3 Å². The van der Waals surface area contributed by atoms with Crippen LogP contribution in [0.3, 0.4) is 0 Å². The molecule has 3 aromatic rings. The van der Waals surface area contributed by atoms with Crippen LogP contribution in [0.15, 0.2) is 35.3 Å². The van der Waals surface area contributed by atoms with Gasteiger partial charge in [0.25, 0.3) is 0 Å². The number of nitrogen functional groups attached to an aromatic ring is 1. The van der Waals surface area contributed by atoms with Crippen molar-refractivity contribution < 1.29 is 14.2 Å². The summed E-state index contributed by atoms with van der Waals surface area (Å²) in [5.41, 5.74) is 7.61. The summed E-state index contributed by atoms with van der Waals surface area (Å²) < 4.78 is 21.6. The molecule has 3 heterocycles. The zero-order valence-corrected chi connectivity index (χ0v) is 16.3. The monoisotopic (exact) mass is 398 g/mol. The van der Waals surface area contributed by atoms with E-state index >= 15 is 0 Å². The lowest BCUT2D eigenvalue weighted by atomic mass is 9.88. The van der Waals surface area contributed by atoms with Crippen molar-refractivity contribution in [1.82, 2.24) is 14.5 Å². The van der Waals surface area contributed by atoms with Gasteiger partial charge in [0.1, 0.15) is 5.82 Å². The molecule has 0 unspecified atom stereocenters. The number of hydrogen-bond donors (Lipinski definition) is 2. The maximum absolute atomic E-state index is 14.4. The van der Waals surface area contributed by atoms with Gasteiger partial charge < -0.3 is 20.1 Å². The number of rotatable bonds is 3. The van der Waals surface area contributed by atoms with Crippen molar-refractivity contribution in [3.63, 3.8) is 0 Å². The van der Waals surface area contributed by atoms with E-state index in [-0.39, 0.29) is 29.9 Å². The van der Waals surface area contributed by atoms with E-state index in [1.165, 1.54) is 12.1 Å². The average molecular weight is 398 g/mol. The molecule has 4 rings (SSSR count). The summed E-state index contributed by atoms with van der Waals surface area (Å²) in [5.74, 6) is -0.749. The SMILES string of the molecule is CC(C)n1c(-c2nc(N)ncc2[C@H]2CCOC[C@H]2O)cc(=O)c2c(F)cccc21. The molecule has 0 aliphatic carbocycles. The third kappa shape index (κ3) is 3.38. The molecule has 2 aromatic heterocycles.